The fourth-order valence-electron chi connectivity index (χ4n) is 3.12. The Morgan fingerprint density at radius 1 is 1.26 bits per heavy atom. The molecule has 1 saturated carbocycles. The maximum Gasteiger partial charge on any atom is 0.251 e. The summed E-state index contributed by atoms with van der Waals surface area (Å²) in [5.74, 6) is 1.25. The first-order valence-electron chi connectivity index (χ1n) is 8.38. The van der Waals surface area contributed by atoms with E-state index in [4.69, 9.17) is 0 Å². The molecule has 23 heavy (non-hydrogen) atoms. The van der Waals surface area contributed by atoms with Crippen LogP contribution in [0.5, 0.6) is 0 Å². The van der Waals surface area contributed by atoms with Crippen LogP contribution in [-0.2, 0) is 13.1 Å². The number of fused-ring (bicyclic) bond motifs is 1. The quantitative estimate of drug-likeness (QED) is 0.944. The Bertz CT molecular complexity index is 715. The molecule has 4 rings (SSSR count). The average molecular weight is 310 g/mol. The molecule has 1 aromatic carbocycles. The van der Waals surface area contributed by atoms with Crippen molar-refractivity contribution in [1.82, 2.24) is 15.1 Å². The van der Waals surface area contributed by atoms with Gasteiger partial charge in [0.25, 0.3) is 5.91 Å². The van der Waals surface area contributed by atoms with E-state index in [0.29, 0.717) is 6.04 Å². The second-order valence-corrected chi connectivity index (χ2v) is 6.59. The third kappa shape index (κ3) is 3.09. The van der Waals surface area contributed by atoms with Crippen molar-refractivity contribution in [3.05, 3.63) is 47.2 Å². The van der Waals surface area contributed by atoms with Crippen LogP contribution < -0.4 is 10.2 Å². The number of nitrogens with one attached hydrogen (secondary N) is 1. The van der Waals surface area contributed by atoms with Gasteiger partial charge in [-0.2, -0.15) is 5.10 Å². The van der Waals surface area contributed by atoms with Gasteiger partial charge in [0, 0.05) is 37.3 Å². The van der Waals surface area contributed by atoms with Gasteiger partial charge in [0.05, 0.1) is 5.69 Å². The van der Waals surface area contributed by atoms with Crippen molar-refractivity contribution in [3.63, 3.8) is 0 Å². The van der Waals surface area contributed by atoms with Crippen LogP contribution in [0, 0.1) is 6.92 Å². The molecule has 2 aliphatic rings. The summed E-state index contributed by atoms with van der Waals surface area (Å²) in [7, 11) is 0. The lowest BCUT2D eigenvalue weighted by molar-refractivity contribution is 0.0951. The second kappa shape index (κ2) is 5.72. The Balaban J connectivity index is 1.46. The summed E-state index contributed by atoms with van der Waals surface area (Å²) in [5, 5.41) is 7.56. The molecule has 1 aliphatic carbocycles. The summed E-state index contributed by atoms with van der Waals surface area (Å²) in [6.07, 6.45) is 3.35. The number of hydrogen-bond donors (Lipinski definition) is 1. The van der Waals surface area contributed by atoms with Crippen molar-refractivity contribution in [1.29, 1.82) is 0 Å². The van der Waals surface area contributed by atoms with E-state index in [2.05, 4.69) is 38.2 Å². The van der Waals surface area contributed by atoms with E-state index in [0.717, 1.165) is 50.2 Å². The lowest BCUT2D eigenvalue weighted by atomic mass is 10.1. The first-order chi connectivity index (χ1) is 11.2. The van der Waals surface area contributed by atoms with Gasteiger partial charge in [-0.3, -0.25) is 4.79 Å². The smallest absolute Gasteiger partial charge is 0.251 e. The molecule has 1 fully saturated rings. The van der Waals surface area contributed by atoms with Crippen LogP contribution in [0.1, 0.15) is 40.9 Å². The fraction of sp³-hybridized carbons (Fsp3) is 0.444. The third-order valence-corrected chi connectivity index (χ3v) is 4.50. The van der Waals surface area contributed by atoms with E-state index in [1.807, 2.05) is 19.1 Å². The van der Waals surface area contributed by atoms with Crippen molar-refractivity contribution >= 4 is 11.7 Å². The molecule has 5 heteroatoms. The Morgan fingerprint density at radius 3 is 2.78 bits per heavy atom. The van der Waals surface area contributed by atoms with Gasteiger partial charge in [-0.05, 0) is 43.9 Å². The van der Waals surface area contributed by atoms with Gasteiger partial charge >= 0.3 is 0 Å². The lowest BCUT2D eigenvalue weighted by Crippen LogP contribution is -2.31. The molecule has 1 amide bonds. The Morgan fingerprint density at radius 2 is 2.04 bits per heavy atom. The van der Waals surface area contributed by atoms with Gasteiger partial charge in [0.1, 0.15) is 5.82 Å². The summed E-state index contributed by atoms with van der Waals surface area (Å²) in [6.45, 7) is 4.95. The van der Waals surface area contributed by atoms with Gasteiger partial charge in [-0.25, -0.2) is 4.68 Å². The van der Waals surface area contributed by atoms with Crippen molar-refractivity contribution in [2.75, 3.05) is 11.4 Å². The second-order valence-electron chi connectivity index (χ2n) is 6.59. The maximum absolute atomic E-state index is 12.0. The van der Waals surface area contributed by atoms with Crippen LogP contribution in [0.3, 0.4) is 0 Å². The van der Waals surface area contributed by atoms with Gasteiger partial charge in [0.2, 0.25) is 0 Å². The third-order valence-electron chi connectivity index (χ3n) is 4.50. The Labute approximate surface area is 136 Å². The van der Waals surface area contributed by atoms with Crippen LogP contribution in [0.2, 0.25) is 0 Å². The van der Waals surface area contributed by atoms with Gasteiger partial charge in [-0.15, -0.1) is 0 Å². The van der Waals surface area contributed by atoms with Gasteiger partial charge in [0.15, 0.2) is 0 Å². The predicted molar refractivity (Wildman–Crippen MR) is 89.6 cm³/mol. The number of nitrogens with zero attached hydrogens (tertiary/aromatic N) is 3. The van der Waals surface area contributed by atoms with E-state index in [9.17, 15) is 4.79 Å². The summed E-state index contributed by atoms with van der Waals surface area (Å²) < 4.78 is 2.09. The zero-order valence-corrected chi connectivity index (χ0v) is 13.5. The molecule has 2 aromatic rings. The molecule has 1 aromatic heterocycles. The number of carbonyl (C=O) groups excluding carboxylic acids is 1. The molecule has 0 radical (unpaired) electrons. The molecule has 5 nitrogen and oxygen atoms in total. The first kappa shape index (κ1) is 14.3. The number of rotatable bonds is 4. The predicted octanol–water partition coefficient (Wildman–Crippen LogP) is 2.49. The highest BCUT2D eigenvalue weighted by Gasteiger charge is 2.24. The number of anilines is 1. The molecule has 0 unspecified atom stereocenters. The molecule has 1 aliphatic heterocycles. The van der Waals surface area contributed by atoms with Crippen LogP contribution in [0.25, 0.3) is 0 Å². The number of aromatic nitrogens is 2. The minimum Gasteiger partial charge on any atom is -0.352 e. The van der Waals surface area contributed by atoms with E-state index in [-0.39, 0.29) is 5.91 Å². The zero-order valence-electron chi connectivity index (χ0n) is 13.5. The van der Waals surface area contributed by atoms with E-state index < -0.39 is 0 Å². The highest BCUT2D eigenvalue weighted by Crippen LogP contribution is 2.24. The molecule has 2 heterocycles. The molecule has 1 N–H and O–H groups in total. The highest BCUT2D eigenvalue weighted by atomic mass is 16.1. The standard InChI is InChI=1S/C18H22N4O/c1-13-11-17-21(9-2-10-22(17)20-13)12-14-3-5-15(6-4-14)18(23)19-16-7-8-16/h3-6,11,16H,2,7-10,12H2,1H3,(H,19,23). The van der Waals surface area contributed by atoms with Crippen LogP contribution in [0.15, 0.2) is 30.3 Å². The van der Waals surface area contributed by atoms with Crippen LogP contribution >= 0.6 is 0 Å². The van der Waals surface area contributed by atoms with Crippen molar-refractivity contribution < 1.29 is 4.79 Å². The minimum absolute atomic E-state index is 0.0470. The first-order valence-corrected chi connectivity index (χ1v) is 8.38. The van der Waals surface area contributed by atoms with E-state index in [1.54, 1.807) is 0 Å². The van der Waals surface area contributed by atoms with Gasteiger partial charge in [-0.1, -0.05) is 12.1 Å². The number of hydrogen-bond acceptors (Lipinski definition) is 3. The summed E-state index contributed by atoms with van der Waals surface area (Å²) in [4.78, 5) is 14.4. The molecular weight excluding hydrogens is 288 g/mol. The molecular formula is C18H22N4O. The topological polar surface area (TPSA) is 50.2 Å². The number of carbonyl (C=O) groups is 1. The zero-order chi connectivity index (χ0) is 15.8. The normalized spacial score (nSPS) is 17.0. The number of aryl methyl sites for hydroxylation is 2. The van der Waals surface area contributed by atoms with Crippen LogP contribution in [0.4, 0.5) is 5.82 Å². The van der Waals surface area contributed by atoms with Gasteiger partial charge < -0.3 is 10.2 Å². The number of benzene rings is 1. The Hall–Kier alpha value is -2.30. The molecule has 0 spiro atoms. The SMILES string of the molecule is Cc1cc2n(n1)CCCN2Cc1ccc(C(=O)NC2CC2)cc1. The molecule has 0 bridgehead atoms. The molecule has 0 saturated heterocycles. The average Bonchev–Trinajstić information content (AvgIpc) is 3.26. The summed E-state index contributed by atoms with van der Waals surface area (Å²) >= 11 is 0. The fourth-order valence-corrected chi connectivity index (χ4v) is 3.12. The monoisotopic (exact) mass is 310 g/mol. The molecule has 120 valence electrons. The van der Waals surface area contributed by atoms with E-state index in [1.165, 1.54) is 11.4 Å². The van der Waals surface area contributed by atoms with Crippen molar-refractivity contribution in [3.8, 4) is 0 Å². The Kier molecular flexibility index (Phi) is 3.56. The van der Waals surface area contributed by atoms with Crippen LogP contribution in [-0.4, -0.2) is 28.3 Å². The lowest BCUT2D eigenvalue weighted by Gasteiger charge is -2.29. The molecule has 0 atom stereocenters. The number of amides is 1. The van der Waals surface area contributed by atoms with Crippen molar-refractivity contribution in [2.24, 2.45) is 0 Å². The summed E-state index contributed by atoms with van der Waals surface area (Å²) in [5.41, 5.74) is 3.04. The highest BCUT2D eigenvalue weighted by molar-refractivity contribution is 5.94. The summed E-state index contributed by atoms with van der Waals surface area (Å²) in [6, 6.07) is 10.5. The maximum atomic E-state index is 12.0. The minimum atomic E-state index is 0.0470. The van der Waals surface area contributed by atoms with E-state index >= 15 is 0 Å². The largest absolute Gasteiger partial charge is 0.352 e. The van der Waals surface area contributed by atoms with Crippen molar-refractivity contribution in [2.45, 2.75) is 45.3 Å².